The SMILES string of the molecule is COC(C(=O)O)C(O)c1ccc(OCCc2nc(-c3ccccc3)oc2C)c2ccsc12. The molecule has 7 nitrogen and oxygen atoms in total. The average molecular weight is 454 g/mol. The van der Waals surface area contributed by atoms with Gasteiger partial charge in [-0.25, -0.2) is 9.78 Å². The van der Waals surface area contributed by atoms with Crippen molar-refractivity contribution in [1.82, 2.24) is 4.98 Å². The van der Waals surface area contributed by atoms with E-state index in [9.17, 15) is 15.0 Å². The first-order valence-corrected chi connectivity index (χ1v) is 11.0. The van der Waals surface area contributed by atoms with E-state index in [0.29, 0.717) is 30.2 Å². The number of benzene rings is 2. The Kier molecular flexibility index (Phi) is 6.55. The molecule has 0 saturated heterocycles. The summed E-state index contributed by atoms with van der Waals surface area (Å²) in [7, 11) is 1.26. The van der Waals surface area contributed by atoms with Crippen molar-refractivity contribution in [3.8, 4) is 17.2 Å². The number of nitrogens with zero attached hydrogens (tertiary/aromatic N) is 1. The monoisotopic (exact) mass is 453 g/mol. The van der Waals surface area contributed by atoms with Gasteiger partial charge in [0.15, 0.2) is 6.10 Å². The van der Waals surface area contributed by atoms with Crippen molar-refractivity contribution in [3.63, 3.8) is 0 Å². The highest BCUT2D eigenvalue weighted by Gasteiger charge is 2.29. The van der Waals surface area contributed by atoms with Crippen LogP contribution in [0.4, 0.5) is 0 Å². The van der Waals surface area contributed by atoms with Crippen LogP contribution >= 0.6 is 11.3 Å². The van der Waals surface area contributed by atoms with Gasteiger partial charge in [0.1, 0.15) is 17.6 Å². The van der Waals surface area contributed by atoms with Crippen molar-refractivity contribution in [2.24, 2.45) is 0 Å². The van der Waals surface area contributed by atoms with E-state index >= 15 is 0 Å². The number of methoxy groups -OCH3 is 1. The van der Waals surface area contributed by atoms with Crippen LogP contribution in [0.1, 0.15) is 23.1 Å². The lowest BCUT2D eigenvalue weighted by atomic mass is 10.0. The number of aryl methyl sites for hydroxylation is 1. The summed E-state index contributed by atoms with van der Waals surface area (Å²) >= 11 is 1.41. The Bertz CT molecular complexity index is 1220. The highest BCUT2D eigenvalue weighted by atomic mass is 32.1. The van der Waals surface area contributed by atoms with Gasteiger partial charge in [-0.3, -0.25) is 0 Å². The molecule has 0 bridgehead atoms. The molecule has 2 heterocycles. The van der Waals surface area contributed by atoms with Crippen LogP contribution in [0.5, 0.6) is 5.75 Å². The topological polar surface area (TPSA) is 102 Å². The molecular formula is C24H23NO6S. The zero-order valence-corrected chi connectivity index (χ0v) is 18.5. The zero-order valence-electron chi connectivity index (χ0n) is 17.6. The summed E-state index contributed by atoms with van der Waals surface area (Å²) in [6, 6.07) is 15.0. The molecule has 2 N–H and O–H groups in total. The fourth-order valence-corrected chi connectivity index (χ4v) is 4.53. The van der Waals surface area contributed by atoms with Crippen LogP contribution in [0.15, 0.2) is 58.3 Å². The number of oxazole rings is 1. The van der Waals surface area contributed by atoms with E-state index in [4.69, 9.17) is 13.9 Å². The summed E-state index contributed by atoms with van der Waals surface area (Å²) < 4.78 is 17.5. The van der Waals surface area contributed by atoms with Gasteiger partial charge in [0, 0.05) is 34.7 Å². The van der Waals surface area contributed by atoms with E-state index in [-0.39, 0.29) is 0 Å². The van der Waals surface area contributed by atoms with Gasteiger partial charge in [0.2, 0.25) is 5.89 Å². The number of aliphatic hydroxyl groups is 1. The lowest BCUT2D eigenvalue weighted by molar-refractivity contribution is -0.155. The van der Waals surface area contributed by atoms with Crippen molar-refractivity contribution in [2.75, 3.05) is 13.7 Å². The Morgan fingerprint density at radius 3 is 2.69 bits per heavy atom. The lowest BCUT2D eigenvalue weighted by Crippen LogP contribution is -2.29. The number of fused-ring (bicyclic) bond motifs is 1. The number of thiophene rings is 1. The Labute approximate surface area is 188 Å². The second-order valence-corrected chi connectivity index (χ2v) is 8.16. The minimum absolute atomic E-state index is 0.393. The summed E-state index contributed by atoms with van der Waals surface area (Å²) in [5, 5.41) is 22.5. The van der Waals surface area contributed by atoms with Gasteiger partial charge in [-0.15, -0.1) is 11.3 Å². The maximum Gasteiger partial charge on any atom is 0.335 e. The first kappa shape index (κ1) is 22.0. The third kappa shape index (κ3) is 4.38. The summed E-state index contributed by atoms with van der Waals surface area (Å²) in [6.07, 6.45) is -2.06. The molecular weight excluding hydrogens is 430 g/mol. The summed E-state index contributed by atoms with van der Waals surface area (Å²) in [5.41, 5.74) is 2.26. The minimum Gasteiger partial charge on any atom is -0.493 e. The predicted octanol–water partition coefficient (Wildman–Crippen LogP) is 4.62. The highest BCUT2D eigenvalue weighted by Crippen LogP contribution is 2.37. The summed E-state index contributed by atoms with van der Waals surface area (Å²) in [6.45, 7) is 2.28. The second kappa shape index (κ2) is 9.52. The number of ether oxygens (including phenoxy) is 2. The number of hydrogen-bond acceptors (Lipinski definition) is 7. The van der Waals surface area contributed by atoms with Gasteiger partial charge in [0.05, 0.1) is 12.3 Å². The summed E-state index contributed by atoms with van der Waals surface area (Å²) in [5.74, 6) is 0.780. The number of hydrogen-bond donors (Lipinski definition) is 2. The third-order valence-electron chi connectivity index (χ3n) is 5.22. The van der Waals surface area contributed by atoms with Crippen molar-refractivity contribution in [3.05, 3.63) is 70.9 Å². The molecule has 32 heavy (non-hydrogen) atoms. The van der Waals surface area contributed by atoms with Crippen LogP contribution in [0, 0.1) is 6.92 Å². The predicted molar refractivity (Wildman–Crippen MR) is 121 cm³/mol. The molecule has 4 rings (SSSR count). The van der Waals surface area contributed by atoms with E-state index in [2.05, 4.69) is 4.98 Å². The fourth-order valence-electron chi connectivity index (χ4n) is 3.57. The number of carboxylic acid groups (broad SMARTS) is 1. The van der Waals surface area contributed by atoms with Crippen LogP contribution in [0.25, 0.3) is 21.5 Å². The van der Waals surface area contributed by atoms with Crippen LogP contribution in [0.3, 0.4) is 0 Å². The van der Waals surface area contributed by atoms with Gasteiger partial charge in [0.25, 0.3) is 0 Å². The van der Waals surface area contributed by atoms with Gasteiger partial charge in [-0.05, 0) is 36.6 Å². The number of aliphatic hydroxyl groups excluding tert-OH is 1. The lowest BCUT2D eigenvalue weighted by Gasteiger charge is -2.19. The molecule has 0 spiro atoms. The van der Waals surface area contributed by atoms with Gasteiger partial charge < -0.3 is 24.1 Å². The molecule has 0 fully saturated rings. The van der Waals surface area contributed by atoms with Gasteiger partial charge >= 0.3 is 5.97 Å². The van der Waals surface area contributed by atoms with E-state index < -0.39 is 18.2 Å². The van der Waals surface area contributed by atoms with Crippen molar-refractivity contribution >= 4 is 27.4 Å². The first-order chi connectivity index (χ1) is 15.5. The maximum atomic E-state index is 11.4. The normalized spacial score (nSPS) is 13.2. The number of aromatic nitrogens is 1. The molecule has 0 aliphatic carbocycles. The molecule has 2 aromatic heterocycles. The average Bonchev–Trinajstić information content (AvgIpc) is 3.42. The highest BCUT2D eigenvalue weighted by molar-refractivity contribution is 7.17. The number of rotatable bonds is 9. The molecule has 2 unspecified atom stereocenters. The van der Waals surface area contributed by atoms with Gasteiger partial charge in [-0.1, -0.05) is 24.3 Å². The molecule has 2 aromatic carbocycles. The minimum atomic E-state index is -1.35. The molecule has 0 radical (unpaired) electrons. The quantitative estimate of drug-likeness (QED) is 0.381. The van der Waals surface area contributed by atoms with Crippen LogP contribution < -0.4 is 4.74 Å². The maximum absolute atomic E-state index is 11.4. The Morgan fingerprint density at radius 1 is 1.19 bits per heavy atom. The second-order valence-electron chi connectivity index (χ2n) is 7.24. The standard InChI is InChI=1S/C24H23NO6S/c1-14-18(25-23(31-14)15-6-4-3-5-7-15)10-12-30-19-9-8-17(22-16(19)11-13-32-22)20(26)21(29-2)24(27)28/h3-9,11,13,20-21,26H,10,12H2,1-2H3,(H,27,28). The van der Waals surface area contributed by atoms with E-state index in [1.807, 2.05) is 48.7 Å². The van der Waals surface area contributed by atoms with Crippen LogP contribution in [-0.2, 0) is 16.0 Å². The van der Waals surface area contributed by atoms with Crippen molar-refractivity contribution in [2.45, 2.75) is 25.6 Å². The zero-order chi connectivity index (χ0) is 22.7. The van der Waals surface area contributed by atoms with E-state index in [0.717, 1.165) is 27.1 Å². The van der Waals surface area contributed by atoms with Crippen LogP contribution in [-0.4, -0.2) is 41.0 Å². The van der Waals surface area contributed by atoms with Gasteiger partial charge in [-0.2, -0.15) is 0 Å². The molecule has 166 valence electrons. The Hall–Kier alpha value is -3.20. The molecule has 8 heteroatoms. The van der Waals surface area contributed by atoms with Crippen molar-refractivity contribution < 1.29 is 28.9 Å². The number of carbonyl (C=O) groups is 1. The largest absolute Gasteiger partial charge is 0.493 e. The van der Waals surface area contributed by atoms with E-state index in [1.165, 1.54) is 18.4 Å². The molecule has 0 saturated carbocycles. The number of carboxylic acids is 1. The van der Waals surface area contributed by atoms with Crippen molar-refractivity contribution in [1.29, 1.82) is 0 Å². The third-order valence-corrected chi connectivity index (χ3v) is 6.18. The molecule has 2 atom stereocenters. The first-order valence-electron chi connectivity index (χ1n) is 10.1. The molecule has 4 aromatic rings. The molecule has 0 aliphatic heterocycles. The summed E-state index contributed by atoms with van der Waals surface area (Å²) in [4.78, 5) is 16.0. The fraction of sp³-hybridized carbons (Fsp3) is 0.250. The molecule has 0 amide bonds. The van der Waals surface area contributed by atoms with Crippen LogP contribution in [0.2, 0.25) is 0 Å². The van der Waals surface area contributed by atoms with E-state index in [1.54, 1.807) is 12.1 Å². The number of aliphatic carboxylic acids is 1. The molecule has 0 aliphatic rings. The Morgan fingerprint density at radius 2 is 1.97 bits per heavy atom. The Balaban J connectivity index is 1.49. The smallest absolute Gasteiger partial charge is 0.335 e.